The summed E-state index contributed by atoms with van der Waals surface area (Å²) in [5.41, 5.74) is 1.21. The predicted octanol–water partition coefficient (Wildman–Crippen LogP) is 3.05. The molecule has 1 aromatic rings. The van der Waals surface area contributed by atoms with Gasteiger partial charge in [0.15, 0.2) is 16.6 Å². The maximum atomic E-state index is 5.57. The zero-order valence-electron chi connectivity index (χ0n) is 12.4. The maximum absolute atomic E-state index is 5.57. The summed E-state index contributed by atoms with van der Waals surface area (Å²) in [6.45, 7) is 4.09. The van der Waals surface area contributed by atoms with Crippen LogP contribution in [-0.4, -0.2) is 29.4 Å². The van der Waals surface area contributed by atoms with Gasteiger partial charge in [0, 0.05) is 19.1 Å². The molecule has 0 radical (unpaired) electrons. The van der Waals surface area contributed by atoms with E-state index < -0.39 is 0 Å². The van der Waals surface area contributed by atoms with E-state index in [9.17, 15) is 0 Å². The number of hydrogen-bond acceptors (Lipinski definition) is 3. The number of nitrogens with zero attached hydrogens (tertiary/aromatic N) is 1. The summed E-state index contributed by atoms with van der Waals surface area (Å²) in [7, 11) is 0. The lowest BCUT2D eigenvalue weighted by Gasteiger charge is -2.31. The molecular weight excluding hydrogens is 284 g/mol. The molecule has 1 aliphatic carbocycles. The highest BCUT2D eigenvalue weighted by molar-refractivity contribution is 7.80. The van der Waals surface area contributed by atoms with Crippen molar-refractivity contribution in [3.63, 3.8) is 0 Å². The van der Waals surface area contributed by atoms with Gasteiger partial charge in [0.2, 0.25) is 6.79 Å². The molecule has 1 fully saturated rings. The van der Waals surface area contributed by atoms with E-state index >= 15 is 0 Å². The van der Waals surface area contributed by atoms with Crippen LogP contribution in [0.3, 0.4) is 0 Å². The molecule has 0 spiro atoms. The van der Waals surface area contributed by atoms with Crippen molar-refractivity contribution in [3.8, 4) is 11.5 Å². The first-order valence-corrected chi connectivity index (χ1v) is 8.11. The maximum Gasteiger partial charge on any atom is 0.231 e. The van der Waals surface area contributed by atoms with Crippen molar-refractivity contribution in [1.82, 2.24) is 10.2 Å². The van der Waals surface area contributed by atoms with Crippen molar-refractivity contribution in [2.75, 3.05) is 13.3 Å². The molecule has 1 aromatic carbocycles. The minimum atomic E-state index is 0.320. The van der Waals surface area contributed by atoms with Crippen LogP contribution in [0.2, 0.25) is 0 Å². The summed E-state index contributed by atoms with van der Waals surface area (Å²) in [5.74, 6) is 1.67. The van der Waals surface area contributed by atoms with E-state index in [1.165, 1.54) is 31.2 Å². The van der Waals surface area contributed by atoms with Gasteiger partial charge in [-0.2, -0.15) is 0 Å². The van der Waals surface area contributed by atoms with Gasteiger partial charge >= 0.3 is 0 Å². The minimum absolute atomic E-state index is 0.320. The van der Waals surface area contributed by atoms with Gasteiger partial charge in [0.25, 0.3) is 0 Å². The number of rotatable bonds is 4. The van der Waals surface area contributed by atoms with Crippen LogP contribution in [0.1, 0.15) is 38.2 Å². The lowest BCUT2D eigenvalue weighted by molar-refractivity contribution is 0.174. The molecule has 1 heterocycles. The van der Waals surface area contributed by atoms with Crippen LogP contribution in [0.5, 0.6) is 11.5 Å². The highest BCUT2D eigenvalue weighted by atomic mass is 32.1. The van der Waals surface area contributed by atoms with Gasteiger partial charge in [-0.05, 0) is 49.7 Å². The Kier molecular flexibility index (Phi) is 4.48. The standard InChI is InChI=1S/C16H22N2O2S/c1-2-17-16(21)18(13-5-3-4-6-13)10-12-7-8-14-15(9-12)20-11-19-14/h7-9,13H,2-6,10-11H2,1H3,(H,17,21). The van der Waals surface area contributed by atoms with Gasteiger partial charge in [-0.25, -0.2) is 0 Å². The summed E-state index contributed by atoms with van der Waals surface area (Å²) in [6.07, 6.45) is 5.07. The summed E-state index contributed by atoms with van der Waals surface area (Å²) >= 11 is 5.57. The topological polar surface area (TPSA) is 33.7 Å². The number of thiocarbonyl (C=S) groups is 1. The van der Waals surface area contributed by atoms with Crippen molar-refractivity contribution < 1.29 is 9.47 Å². The van der Waals surface area contributed by atoms with E-state index in [2.05, 4.69) is 29.3 Å². The van der Waals surface area contributed by atoms with Crippen LogP contribution < -0.4 is 14.8 Å². The molecule has 0 bridgehead atoms. The highest BCUT2D eigenvalue weighted by Gasteiger charge is 2.25. The molecule has 1 aliphatic heterocycles. The van der Waals surface area contributed by atoms with Crippen molar-refractivity contribution in [2.45, 2.75) is 45.2 Å². The number of nitrogens with one attached hydrogen (secondary N) is 1. The Morgan fingerprint density at radius 3 is 2.81 bits per heavy atom. The van der Waals surface area contributed by atoms with Crippen LogP contribution >= 0.6 is 12.2 Å². The molecule has 3 rings (SSSR count). The monoisotopic (exact) mass is 306 g/mol. The Morgan fingerprint density at radius 1 is 1.29 bits per heavy atom. The second-order valence-corrected chi connectivity index (χ2v) is 5.98. The molecular formula is C16H22N2O2S. The van der Waals surface area contributed by atoms with Gasteiger partial charge in [0.05, 0.1) is 0 Å². The fourth-order valence-electron chi connectivity index (χ4n) is 3.07. The van der Waals surface area contributed by atoms with E-state index in [-0.39, 0.29) is 0 Å². The van der Waals surface area contributed by atoms with E-state index in [0.29, 0.717) is 12.8 Å². The third kappa shape index (κ3) is 3.23. The van der Waals surface area contributed by atoms with Crippen molar-refractivity contribution in [2.24, 2.45) is 0 Å². The molecule has 2 aliphatic rings. The summed E-state index contributed by atoms with van der Waals surface area (Å²) in [4.78, 5) is 2.34. The normalized spacial score (nSPS) is 17.0. The van der Waals surface area contributed by atoms with Crippen LogP contribution in [-0.2, 0) is 6.54 Å². The largest absolute Gasteiger partial charge is 0.454 e. The zero-order chi connectivity index (χ0) is 14.7. The lowest BCUT2D eigenvalue weighted by Crippen LogP contribution is -2.44. The summed E-state index contributed by atoms with van der Waals surface area (Å²) < 4.78 is 10.8. The average Bonchev–Trinajstić information content (AvgIpc) is 3.15. The number of fused-ring (bicyclic) bond motifs is 1. The average molecular weight is 306 g/mol. The van der Waals surface area contributed by atoms with Crippen LogP contribution in [0, 0.1) is 0 Å². The Morgan fingerprint density at radius 2 is 2.05 bits per heavy atom. The number of ether oxygens (including phenoxy) is 2. The molecule has 0 unspecified atom stereocenters. The summed E-state index contributed by atoms with van der Waals surface area (Å²) in [6, 6.07) is 6.71. The quantitative estimate of drug-likeness (QED) is 0.865. The third-order valence-corrected chi connectivity index (χ3v) is 4.52. The Balaban J connectivity index is 1.75. The van der Waals surface area contributed by atoms with Crippen molar-refractivity contribution in [3.05, 3.63) is 23.8 Å². The Labute approximate surface area is 131 Å². The first-order valence-electron chi connectivity index (χ1n) is 7.71. The van der Waals surface area contributed by atoms with Gasteiger partial charge in [-0.1, -0.05) is 18.9 Å². The number of hydrogen-bond donors (Lipinski definition) is 1. The third-order valence-electron chi connectivity index (χ3n) is 4.14. The fourth-order valence-corrected chi connectivity index (χ4v) is 3.43. The van der Waals surface area contributed by atoms with Gasteiger partial charge < -0.3 is 19.7 Å². The molecule has 114 valence electrons. The van der Waals surface area contributed by atoms with Gasteiger partial charge in [-0.15, -0.1) is 0 Å². The first kappa shape index (κ1) is 14.4. The molecule has 1 saturated carbocycles. The van der Waals surface area contributed by atoms with E-state index in [0.717, 1.165) is 29.7 Å². The smallest absolute Gasteiger partial charge is 0.231 e. The Hall–Kier alpha value is -1.49. The molecule has 0 saturated heterocycles. The SMILES string of the molecule is CCNC(=S)N(Cc1ccc2c(c1)OCO2)C1CCCC1. The molecule has 21 heavy (non-hydrogen) atoms. The highest BCUT2D eigenvalue weighted by Crippen LogP contribution is 2.33. The minimum Gasteiger partial charge on any atom is -0.454 e. The van der Waals surface area contributed by atoms with Crippen LogP contribution in [0.15, 0.2) is 18.2 Å². The second kappa shape index (κ2) is 6.52. The van der Waals surface area contributed by atoms with Crippen LogP contribution in [0.4, 0.5) is 0 Å². The van der Waals surface area contributed by atoms with Gasteiger partial charge in [-0.3, -0.25) is 0 Å². The Bertz CT molecular complexity index is 515. The van der Waals surface area contributed by atoms with Crippen LogP contribution in [0.25, 0.3) is 0 Å². The van der Waals surface area contributed by atoms with E-state index in [4.69, 9.17) is 21.7 Å². The second-order valence-electron chi connectivity index (χ2n) is 5.59. The molecule has 1 N–H and O–H groups in total. The molecule has 0 amide bonds. The molecule has 5 heteroatoms. The zero-order valence-corrected chi connectivity index (χ0v) is 13.2. The van der Waals surface area contributed by atoms with Crippen molar-refractivity contribution >= 4 is 17.3 Å². The molecule has 0 atom stereocenters. The number of benzene rings is 1. The predicted molar refractivity (Wildman–Crippen MR) is 86.6 cm³/mol. The fraction of sp³-hybridized carbons (Fsp3) is 0.562. The van der Waals surface area contributed by atoms with E-state index in [1.807, 2.05) is 6.07 Å². The first-order chi connectivity index (χ1) is 10.3. The molecule has 0 aromatic heterocycles. The molecule has 4 nitrogen and oxygen atoms in total. The lowest BCUT2D eigenvalue weighted by atomic mass is 10.1. The summed E-state index contributed by atoms with van der Waals surface area (Å²) in [5, 5.41) is 4.16. The van der Waals surface area contributed by atoms with E-state index in [1.54, 1.807) is 0 Å². The van der Waals surface area contributed by atoms with Crippen molar-refractivity contribution in [1.29, 1.82) is 0 Å². The van der Waals surface area contributed by atoms with Gasteiger partial charge in [0.1, 0.15) is 0 Å².